The van der Waals surface area contributed by atoms with E-state index in [9.17, 15) is 9.59 Å². The minimum Gasteiger partial charge on any atom is -0.478 e. The number of carbonyl (C=O) groups is 2. The van der Waals surface area contributed by atoms with Gasteiger partial charge in [0.15, 0.2) is 0 Å². The first-order chi connectivity index (χ1) is 12.1. The molecule has 0 aromatic heterocycles. The van der Waals surface area contributed by atoms with Gasteiger partial charge in [-0.3, -0.25) is 4.79 Å². The summed E-state index contributed by atoms with van der Waals surface area (Å²) < 4.78 is 0. The topological polar surface area (TPSA) is 66.4 Å². The molecule has 0 saturated carbocycles. The number of carbonyl (C=O) groups excluding carboxylic acids is 1. The zero-order chi connectivity index (χ0) is 17.4. The molecule has 0 spiro atoms. The molecule has 5 heteroatoms. The van der Waals surface area contributed by atoms with Crippen molar-refractivity contribution < 1.29 is 14.7 Å². The Labute approximate surface area is 148 Å². The minimum atomic E-state index is -1.01. The van der Waals surface area contributed by atoms with Crippen molar-refractivity contribution in [3.63, 3.8) is 0 Å². The van der Waals surface area contributed by atoms with Crippen LogP contribution in [0, 0.1) is 0 Å². The number of carboxylic acid groups (broad SMARTS) is 1. The Kier molecular flexibility index (Phi) is 3.78. The fourth-order valence-electron chi connectivity index (χ4n) is 2.81. The Morgan fingerprint density at radius 3 is 2.68 bits per heavy atom. The van der Waals surface area contributed by atoms with Crippen molar-refractivity contribution in [3.05, 3.63) is 76.7 Å². The van der Waals surface area contributed by atoms with Crippen LogP contribution in [0.5, 0.6) is 0 Å². The summed E-state index contributed by atoms with van der Waals surface area (Å²) in [5, 5.41) is 14.0. The average Bonchev–Trinajstić information content (AvgIpc) is 2.62. The van der Waals surface area contributed by atoms with Crippen molar-refractivity contribution in [1.82, 2.24) is 0 Å². The van der Waals surface area contributed by atoms with Gasteiger partial charge in [-0.25, -0.2) is 4.79 Å². The summed E-state index contributed by atoms with van der Waals surface area (Å²) >= 11 is 1.35. The molecule has 0 radical (unpaired) electrons. The molecule has 1 heterocycles. The standard InChI is InChI=1S/C20H13NO3S/c22-19-18(11-13-6-3-5-12-4-1-2-7-15(12)13)25-17-9-8-14(20(23)24)10-16(17)21-19/h1-11H,(H,21,22)(H,23,24)/b18-11-. The molecule has 3 aromatic rings. The highest BCUT2D eigenvalue weighted by atomic mass is 32.2. The lowest BCUT2D eigenvalue weighted by molar-refractivity contribution is -0.112. The third-order valence-electron chi connectivity index (χ3n) is 4.03. The van der Waals surface area contributed by atoms with Gasteiger partial charge in [0.2, 0.25) is 0 Å². The molecule has 0 fully saturated rings. The lowest BCUT2D eigenvalue weighted by Gasteiger charge is -2.19. The van der Waals surface area contributed by atoms with Crippen LogP contribution in [0.4, 0.5) is 5.69 Å². The van der Waals surface area contributed by atoms with Crippen LogP contribution >= 0.6 is 11.8 Å². The predicted octanol–water partition coefficient (Wildman–Crippen LogP) is 4.62. The molecule has 0 atom stereocenters. The van der Waals surface area contributed by atoms with E-state index in [1.807, 2.05) is 48.5 Å². The van der Waals surface area contributed by atoms with Crippen molar-refractivity contribution in [2.75, 3.05) is 5.32 Å². The van der Waals surface area contributed by atoms with Gasteiger partial charge in [0.1, 0.15) is 0 Å². The Bertz CT molecular complexity index is 1050. The molecular formula is C20H13NO3S. The van der Waals surface area contributed by atoms with Gasteiger partial charge in [-0.15, -0.1) is 0 Å². The summed E-state index contributed by atoms with van der Waals surface area (Å²) in [5.74, 6) is -1.24. The van der Waals surface area contributed by atoms with Crippen LogP contribution in [-0.2, 0) is 4.79 Å². The molecule has 0 saturated heterocycles. The van der Waals surface area contributed by atoms with Gasteiger partial charge in [-0.05, 0) is 40.6 Å². The molecule has 1 aliphatic rings. The maximum Gasteiger partial charge on any atom is 0.335 e. The number of anilines is 1. The predicted molar refractivity (Wildman–Crippen MR) is 99.8 cm³/mol. The smallest absolute Gasteiger partial charge is 0.335 e. The van der Waals surface area contributed by atoms with Crippen LogP contribution in [-0.4, -0.2) is 17.0 Å². The molecule has 0 unspecified atom stereocenters. The summed E-state index contributed by atoms with van der Waals surface area (Å²) in [4.78, 5) is 24.9. The van der Waals surface area contributed by atoms with E-state index in [1.165, 1.54) is 17.8 Å². The summed E-state index contributed by atoms with van der Waals surface area (Å²) in [5.41, 5.74) is 1.66. The monoisotopic (exact) mass is 347 g/mol. The van der Waals surface area contributed by atoms with Crippen LogP contribution in [0.2, 0.25) is 0 Å². The first-order valence-corrected chi connectivity index (χ1v) is 8.49. The number of hydrogen-bond donors (Lipinski definition) is 2. The lowest BCUT2D eigenvalue weighted by atomic mass is 10.0. The molecule has 4 nitrogen and oxygen atoms in total. The van der Waals surface area contributed by atoms with Gasteiger partial charge >= 0.3 is 5.97 Å². The largest absolute Gasteiger partial charge is 0.478 e. The Morgan fingerprint density at radius 1 is 1.04 bits per heavy atom. The van der Waals surface area contributed by atoms with Gasteiger partial charge in [-0.1, -0.05) is 54.2 Å². The second-order valence-electron chi connectivity index (χ2n) is 5.65. The third kappa shape index (κ3) is 2.90. The second kappa shape index (κ2) is 6.11. The van der Waals surface area contributed by atoms with Crippen LogP contribution in [0.1, 0.15) is 15.9 Å². The second-order valence-corrected chi connectivity index (χ2v) is 6.73. The number of nitrogens with one attached hydrogen (secondary N) is 1. The average molecular weight is 347 g/mol. The molecular weight excluding hydrogens is 334 g/mol. The highest BCUT2D eigenvalue weighted by molar-refractivity contribution is 8.04. The Morgan fingerprint density at radius 2 is 1.84 bits per heavy atom. The van der Waals surface area contributed by atoms with E-state index in [2.05, 4.69) is 5.32 Å². The lowest BCUT2D eigenvalue weighted by Crippen LogP contribution is -2.17. The van der Waals surface area contributed by atoms with Gasteiger partial charge < -0.3 is 10.4 Å². The molecule has 2 N–H and O–H groups in total. The SMILES string of the molecule is O=C1Nc2cc(C(=O)O)ccc2S/C1=C\c1cccc2ccccc12. The first-order valence-electron chi connectivity index (χ1n) is 7.68. The Balaban J connectivity index is 1.75. The number of rotatable bonds is 2. The van der Waals surface area contributed by atoms with E-state index in [-0.39, 0.29) is 11.5 Å². The van der Waals surface area contributed by atoms with E-state index in [1.54, 1.807) is 12.1 Å². The molecule has 1 amide bonds. The highest BCUT2D eigenvalue weighted by Crippen LogP contribution is 2.39. The van der Waals surface area contributed by atoms with Crippen LogP contribution in [0.25, 0.3) is 16.8 Å². The quantitative estimate of drug-likeness (QED) is 0.664. The summed E-state index contributed by atoms with van der Waals surface area (Å²) in [6, 6.07) is 18.7. The summed E-state index contributed by atoms with van der Waals surface area (Å²) in [7, 11) is 0. The maximum absolute atomic E-state index is 12.4. The first kappa shape index (κ1) is 15.5. The summed E-state index contributed by atoms with van der Waals surface area (Å²) in [6.07, 6.45) is 1.87. The van der Waals surface area contributed by atoms with Gasteiger partial charge in [0.25, 0.3) is 5.91 Å². The number of amides is 1. The van der Waals surface area contributed by atoms with E-state index in [0.29, 0.717) is 10.6 Å². The molecule has 0 bridgehead atoms. The molecule has 0 aliphatic carbocycles. The number of thioether (sulfide) groups is 1. The zero-order valence-electron chi connectivity index (χ0n) is 13.0. The number of aromatic carboxylic acids is 1. The number of fused-ring (bicyclic) bond motifs is 2. The van der Waals surface area contributed by atoms with E-state index in [0.717, 1.165) is 21.2 Å². The third-order valence-corrected chi connectivity index (χ3v) is 5.13. The van der Waals surface area contributed by atoms with E-state index < -0.39 is 5.97 Å². The van der Waals surface area contributed by atoms with Crippen LogP contribution in [0.15, 0.2) is 70.5 Å². The normalized spacial score (nSPS) is 15.0. The van der Waals surface area contributed by atoms with Gasteiger partial charge in [0, 0.05) is 4.90 Å². The molecule has 25 heavy (non-hydrogen) atoms. The maximum atomic E-state index is 12.4. The Hall–Kier alpha value is -3.05. The van der Waals surface area contributed by atoms with E-state index >= 15 is 0 Å². The number of carboxylic acids is 1. The van der Waals surface area contributed by atoms with Gasteiger partial charge in [-0.2, -0.15) is 0 Å². The van der Waals surface area contributed by atoms with Crippen molar-refractivity contribution in [3.8, 4) is 0 Å². The van der Waals surface area contributed by atoms with Crippen molar-refractivity contribution in [2.24, 2.45) is 0 Å². The van der Waals surface area contributed by atoms with Crippen LogP contribution in [0.3, 0.4) is 0 Å². The number of benzene rings is 3. The number of hydrogen-bond acceptors (Lipinski definition) is 3. The minimum absolute atomic E-state index is 0.154. The molecule has 1 aliphatic heterocycles. The zero-order valence-corrected chi connectivity index (χ0v) is 13.8. The fourth-order valence-corrected chi connectivity index (χ4v) is 3.73. The fraction of sp³-hybridized carbons (Fsp3) is 0. The van der Waals surface area contributed by atoms with Crippen LogP contribution < -0.4 is 5.32 Å². The van der Waals surface area contributed by atoms with Crippen molar-refractivity contribution in [1.29, 1.82) is 0 Å². The molecule has 122 valence electrons. The van der Waals surface area contributed by atoms with Crippen molar-refractivity contribution >= 4 is 46.2 Å². The molecule has 4 rings (SSSR count). The van der Waals surface area contributed by atoms with Crippen molar-refractivity contribution in [2.45, 2.75) is 4.90 Å². The summed E-state index contributed by atoms with van der Waals surface area (Å²) in [6.45, 7) is 0. The van der Waals surface area contributed by atoms with E-state index in [4.69, 9.17) is 5.11 Å². The van der Waals surface area contributed by atoms with Gasteiger partial charge in [0.05, 0.1) is 16.2 Å². The highest BCUT2D eigenvalue weighted by Gasteiger charge is 2.22. The molecule has 3 aromatic carbocycles.